The van der Waals surface area contributed by atoms with Crippen LogP contribution >= 0.6 is 23.2 Å². The first-order valence-electron chi connectivity index (χ1n) is 7.81. The van der Waals surface area contributed by atoms with Crippen LogP contribution in [0.2, 0.25) is 10.0 Å². The summed E-state index contributed by atoms with van der Waals surface area (Å²) in [5.74, 6) is 1.26. The van der Waals surface area contributed by atoms with Crippen LogP contribution in [0.1, 0.15) is 25.3 Å². The number of para-hydroxylation sites is 2. The highest BCUT2D eigenvalue weighted by Crippen LogP contribution is 2.32. The van der Waals surface area contributed by atoms with Crippen LogP contribution in [0.4, 0.5) is 23.1 Å². The Bertz CT molecular complexity index is 863. The molecule has 0 atom stereocenters. The number of hydrogen-bond donors (Lipinski definition) is 2. The lowest BCUT2D eigenvalue weighted by Crippen LogP contribution is -2.04. The van der Waals surface area contributed by atoms with Gasteiger partial charge in [0, 0.05) is 5.69 Å². The van der Waals surface area contributed by atoms with Crippen molar-refractivity contribution in [3.8, 4) is 0 Å². The Kier molecular flexibility index (Phi) is 5.36. The molecule has 0 amide bonds. The fourth-order valence-corrected chi connectivity index (χ4v) is 2.89. The van der Waals surface area contributed by atoms with E-state index in [1.165, 1.54) is 11.8 Å². The number of aromatic nitrogens is 3. The van der Waals surface area contributed by atoms with Crippen molar-refractivity contribution in [1.82, 2.24) is 15.2 Å². The fraction of sp³-hybridized carbons (Fsp3) is 0.167. The van der Waals surface area contributed by atoms with Gasteiger partial charge < -0.3 is 10.6 Å². The first kappa shape index (κ1) is 17.5. The van der Waals surface area contributed by atoms with Gasteiger partial charge in [-0.25, -0.2) is 0 Å². The lowest BCUT2D eigenvalue weighted by molar-refractivity contribution is 0.867. The van der Waals surface area contributed by atoms with E-state index < -0.39 is 0 Å². The minimum atomic E-state index is 0.375. The second-order valence-corrected chi connectivity index (χ2v) is 6.57. The van der Waals surface area contributed by atoms with Crippen molar-refractivity contribution in [2.24, 2.45) is 0 Å². The summed E-state index contributed by atoms with van der Waals surface area (Å²) in [4.78, 5) is 4.43. The molecule has 0 spiro atoms. The summed E-state index contributed by atoms with van der Waals surface area (Å²) in [6.07, 6.45) is 1.51. The van der Waals surface area contributed by atoms with E-state index in [-0.39, 0.29) is 0 Å². The molecule has 25 heavy (non-hydrogen) atoms. The fourth-order valence-electron chi connectivity index (χ4n) is 2.40. The Hall–Kier alpha value is -2.37. The largest absolute Gasteiger partial charge is 0.336 e. The molecular weight excluding hydrogens is 357 g/mol. The van der Waals surface area contributed by atoms with Crippen LogP contribution in [0.5, 0.6) is 0 Å². The predicted octanol–water partition coefficient (Wildman–Crippen LogP) is 5.79. The number of halogens is 2. The number of benzene rings is 2. The van der Waals surface area contributed by atoms with E-state index in [1.54, 1.807) is 18.2 Å². The van der Waals surface area contributed by atoms with E-state index in [0.717, 1.165) is 5.69 Å². The summed E-state index contributed by atoms with van der Waals surface area (Å²) in [5.41, 5.74) is 2.71. The number of rotatable bonds is 5. The number of nitrogens with zero attached hydrogens (tertiary/aromatic N) is 3. The monoisotopic (exact) mass is 373 g/mol. The molecule has 0 aliphatic carbocycles. The van der Waals surface area contributed by atoms with Crippen LogP contribution in [0, 0.1) is 0 Å². The van der Waals surface area contributed by atoms with E-state index >= 15 is 0 Å². The summed E-state index contributed by atoms with van der Waals surface area (Å²) in [5, 5.41) is 15.3. The van der Waals surface area contributed by atoms with Crippen molar-refractivity contribution in [1.29, 1.82) is 0 Å². The van der Waals surface area contributed by atoms with Gasteiger partial charge in [-0.15, -0.1) is 5.10 Å². The lowest BCUT2D eigenvalue weighted by atomic mass is 10.0. The van der Waals surface area contributed by atoms with Gasteiger partial charge >= 0.3 is 0 Å². The average Bonchev–Trinajstić information content (AvgIpc) is 2.59. The Balaban J connectivity index is 1.85. The third-order valence-electron chi connectivity index (χ3n) is 3.60. The first-order chi connectivity index (χ1) is 12.0. The van der Waals surface area contributed by atoms with Crippen LogP contribution in [0.3, 0.4) is 0 Å². The zero-order valence-electron chi connectivity index (χ0n) is 13.8. The van der Waals surface area contributed by atoms with Crippen molar-refractivity contribution >= 4 is 46.3 Å². The molecule has 0 aliphatic rings. The molecule has 3 rings (SSSR count). The molecule has 0 saturated heterocycles. The van der Waals surface area contributed by atoms with E-state index in [1.807, 2.05) is 18.2 Å². The molecule has 3 aromatic rings. The maximum Gasteiger partial charge on any atom is 0.249 e. The van der Waals surface area contributed by atoms with Crippen LogP contribution in [0.15, 0.2) is 48.7 Å². The molecule has 0 radical (unpaired) electrons. The van der Waals surface area contributed by atoms with E-state index in [0.29, 0.717) is 33.4 Å². The molecule has 2 aromatic carbocycles. The molecule has 0 fully saturated rings. The Morgan fingerprint density at radius 3 is 2.36 bits per heavy atom. The molecule has 7 heteroatoms. The smallest absolute Gasteiger partial charge is 0.249 e. The summed E-state index contributed by atoms with van der Waals surface area (Å²) < 4.78 is 0. The van der Waals surface area contributed by atoms with Crippen molar-refractivity contribution in [3.05, 3.63) is 64.3 Å². The molecule has 0 unspecified atom stereocenters. The molecule has 2 N–H and O–H groups in total. The van der Waals surface area contributed by atoms with E-state index in [9.17, 15) is 0 Å². The summed E-state index contributed by atoms with van der Waals surface area (Å²) >= 11 is 12.4. The number of nitrogens with one attached hydrogen (secondary N) is 2. The highest BCUT2D eigenvalue weighted by atomic mass is 35.5. The van der Waals surface area contributed by atoms with Gasteiger partial charge in [0.15, 0.2) is 5.82 Å². The number of anilines is 4. The maximum absolute atomic E-state index is 6.18. The summed E-state index contributed by atoms with van der Waals surface area (Å²) in [7, 11) is 0. The van der Waals surface area contributed by atoms with E-state index in [4.69, 9.17) is 23.2 Å². The van der Waals surface area contributed by atoms with Gasteiger partial charge in [0.25, 0.3) is 0 Å². The molecule has 0 saturated carbocycles. The maximum atomic E-state index is 6.18. The zero-order chi connectivity index (χ0) is 17.8. The van der Waals surface area contributed by atoms with Crippen molar-refractivity contribution in [3.63, 3.8) is 0 Å². The second-order valence-electron chi connectivity index (χ2n) is 5.75. The van der Waals surface area contributed by atoms with Crippen molar-refractivity contribution < 1.29 is 0 Å². The Labute approximate surface area is 156 Å². The van der Waals surface area contributed by atoms with Gasteiger partial charge in [0.2, 0.25) is 5.95 Å². The van der Waals surface area contributed by atoms with E-state index in [2.05, 4.69) is 45.7 Å². The van der Waals surface area contributed by atoms with Crippen molar-refractivity contribution in [2.75, 3.05) is 10.6 Å². The number of hydrogen-bond acceptors (Lipinski definition) is 5. The Morgan fingerprint density at radius 1 is 0.920 bits per heavy atom. The van der Waals surface area contributed by atoms with Gasteiger partial charge in [-0.1, -0.05) is 61.3 Å². The lowest BCUT2D eigenvalue weighted by Gasteiger charge is -2.14. The van der Waals surface area contributed by atoms with Gasteiger partial charge in [0.1, 0.15) is 0 Å². The third kappa shape index (κ3) is 4.18. The quantitative estimate of drug-likeness (QED) is 0.592. The molecule has 1 heterocycles. The molecule has 128 valence electrons. The minimum Gasteiger partial charge on any atom is -0.336 e. The molecular formula is C18H17Cl2N5. The van der Waals surface area contributed by atoms with Gasteiger partial charge in [-0.05, 0) is 29.7 Å². The molecule has 0 aliphatic heterocycles. The molecule has 0 bridgehead atoms. The minimum absolute atomic E-state index is 0.375. The third-order valence-corrected chi connectivity index (χ3v) is 4.23. The topological polar surface area (TPSA) is 62.7 Å². The van der Waals surface area contributed by atoms with Gasteiger partial charge in [-0.3, -0.25) is 0 Å². The zero-order valence-corrected chi connectivity index (χ0v) is 15.3. The highest BCUT2D eigenvalue weighted by Gasteiger charge is 2.10. The van der Waals surface area contributed by atoms with Crippen LogP contribution in [-0.4, -0.2) is 15.2 Å². The van der Waals surface area contributed by atoms with Gasteiger partial charge in [-0.2, -0.15) is 10.1 Å². The highest BCUT2D eigenvalue weighted by molar-refractivity contribution is 6.39. The standard InChI is InChI=1S/C18H17Cl2N5/c1-11(2)12-6-3-4-9-15(12)22-18-24-16(10-21-25-18)23-17-13(19)7-5-8-14(17)20/h3-11H,1-2H3,(H2,22,23,24,25). The van der Waals surface area contributed by atoms with Crippen LogP contribution < -0.4 is 10.6 Å². The molecule has 1 aromatic heterocycles. The predicted molar refractivity (Wildman–Crippen MR) is 103 cm³/mol. The average molecular weight is 374 g/mol. The summed E-state index contributed by atoms with van der Waals surface area (Å²) in [6.45, 7) is 4.27. The first-order valence-corrected chi connectivity index (χ1v) is 8.57. The SMILES string of the molecule is CC(C)c1ccccc1Nc1nncc(Nc2c(Cl)cccc2Cl)n1. The summed E-state index contributed by atoms with van der Waals surface area (Å²) in [6, 6.07) is 13.3. The Morgan fingerprint density at radius 2 is 1.64 bits per heavy atom. The molecule has 5 nitrogen and oxygen atoms in total. The second kappa shape index (κ2) is 7.68. The van der Waals surface area contributed by atoms with Crippen LogP contribution in [0.25, 0.3) is 0 Å². The van der Waals surface area contributed by atoms with Crippen LogP contribution in [-0.2, 0) is 0 Å². The van der Waals surface area contributed by atoms with Gasteiger partial charge in [0.05, 0.1) is 21.9 Å². The van der Waals surface area contributed by atoms with Crippen molar-refractivity contribution in [2.45, 2.75) is 19.8 Å². The normalized spacial score (nSPS) is 10.8.